The highest BCUT2D eigenvalue weighted by molar-refractivity contribution is 5.93. The Hall–Kier alpha value is -2.78. The van der Waals surface area contributed by atoms with Crippen LogP contribution >= 0.6 is 0 Å². The number of Topliss-reactive ketones (excluding diaryl/α,β-unsaturated/α-hetero) is 2. The molecule has 1 aliphatic rings. The summed E-state index contributed by atoms with van der Waals surface area (Å²) in [7, 11) is 0. The zero-order chi connectivity index (χ0) is 36.0. The number of aldehydes is 1. The standard InChI is InChI=1S/C35H61N3O11/c36-28(35(44)45)17-18-31(42)37-19-22-46-25-26-47-27-32(43)38-20-23-48-33-29(40)15-13-11-9-7-5-3-1-2-4-6-8-10-12-14-16-30(41)34(33)49-24-21-39/h21,28,33-34H,1-20,22-27,36H2,(H,37,42)(H,38,43)(H,44,45)/t28-,33?,34?/m0/s1. The molecule has 5 N–H and O–H groups in total. The van der Waals surface area contributed by atoms with Crippen molar-refractivity contribution in [1.29, 1.82) is 0 Å². The van der Waals surface area contributed by atoms with Crippen LogP contribution in [0.5, 0.6) is 0 Å². The molecular formula is C35H61N3O11. The second kappa shape index (κ2) is 30.1. The van der Waals surface area contributed by atoms with E-state index in [4.69, 9.17) is 29.8 Å². The molecule has 1 saturated carbocycles. The quantitative estimate of drug-likeness (QED) is 0.113. The van der Waals surface area contributed by atoms with Gasteiger partial charge in [0.1, 0.15) is 37.7 Å². The number of hydrogen-bond donors (Lipinski definition) is 4. The van der Waals surface area contributed by atoms with Crippen molar-refractivity contribution < 1.29 is 52.8 Å². The van der Waals surface area contributed by atoms with E-state index in [1.54, 1.807) is 0 Å². The first-order valence-electron chi connectivity index (χ1n) is 18.2. The number of nitrogens with one attached hydrogen (secondary N) is 2. The van der Waals surface area contributed by atoms with Gasteiger partial charge in [0.25, 0.3) is 0 Å². The summed E-state index contributed by atoms with van der Waals surface area (Å²) in [5.41, 5.74) is 5.37. The SMILES string of the molecule is N[C@@H](CCC(=O)NCCOCCOCC(=O)NCCOC1C(=O)CCCCCCCCCCCCCCCCC(=O)C1OCC=O)C(=O)O. The van der Waals surface area contributed by atoms with Crippen molar-refractivity contribution in [3.63, 3.8) is 0 Å². The van der Waals surface area contributed by atoms with Crippen LogP contribution in [0.25, 0.3) is 0 Å². The molecule has 0 spiro atoms. The van der Waals surface area contributed by atoms with Crippen LogP contribution in [0.1, 0.15) is 116 Å². The minimum Gasteiger partial charge on any atom is -0.480 e. The molecule has 0 radical (unpaired) electrons. The molecule has 0 heterocycles. The summed E-state index contributed by atoms with van der Waals surface area (Å²) in [6.07, 6.45) is 13.8. The van der Waals surface area contributed by atoms with Gasteiger partial charge in [-0.25, -0.2) is 0 Å². The lowest BCUT2D eigenvalue weighted by Gasteiger charge is -2.25. The molecule has 0 bridgehead atoms. The fraction of sp³-hybridized carbons (Fsp3) is 0.829. The number of ketones is 2. The lowest BCUT2D eigenvalue weighted by Crippen LogP contribution is -2.45. The van der Waals surface area contributed by atoms with E-state index in [-0.39, 0.29) is 95.9 Å². The molecule has 0 saturated heterocycles. The molecule has 1 fully saturated rings. The summed E-state index contributed by atoms with van der Waals surface area (Å²) in [6.45, 7) is 0.272. The van der Waals surface area contributed by atoms with Gasteiger partial charge in [0, 0.05) is 32.4 Å². The van der Waals surface area contributed by atoms with E-state index in [0.29, 0.717) is 19.1 Å². The fourth-order valence-electron chi connectivity index (χ4n) is 5.42. The Balaban J connectivity index is 2.46. The van der Waals surface area contributed by atoms with Crippen LogP contribution in [-0.2, 0) is 47.7 Å². The Labute approximate surface area is 291 Å². The number of carbonyl (C=O) groups is 6. The highest BCUT2D eigenvalue weighted by Gasteiger charge is 2.34. The first-order chi connectivity index (χ1) is 23.8. The van der Waals surface area contributed by atoms with Crippen LogP contribution < -0.4 is 16.4 Å². The highest BCUT2D eigenvalue weighted by Crippen LogP contribution is 2.18. The predicted molar refractivity (Wildman–Crippen MR) is 182 cm³/mol. The Bertz CT molecular complexity index is 950. The molecule has 3 atom stereocenters. The average Bonchev–Trinajstić information content (AvgIpc) is 3.08. The first kappa shape index (κ1) is 44.2. The van der Waals surface area contributed by atoms with Crippen LogP contribution in [-0.4, -0.2) is 112 Å². The summed E-state index contributed by atoms with van der Waals surface area (Å²) < 4.78 is 22.1. The van der Waals surface area contributed by atoms with Gasteiger partial charge in [-0.05, 0) is 19.3 Å². The number of carboxylic acid groups (broad SMARTS) is 1. The Morgan fingerprint density at radius 2 is 1.16 bits per heavy atom. The minimum absolute atomic E-state index is 0.000342. The second-order valence-corrected chi connectivity index (χ2v) is 12.4. The third-order valence-electron chi connectivity index (χ3n) is 8.24. The summed E-state index contributed by atoms with van der Waals surface area (Å²) in [4.78, 5) is 72.2. The van der Waals surface area contributed by atoms with Crippen LogP contribution in [0, 0.1) is 0 Å². The largest absolute Gasteiger partial charge is 0.480 e. The molecule has 282 valence electrons. The molecule has 1 rings (SSSR count). The number of amides is 2. The van der Waals surface area contributed by atoms with Crippen molar-refractivity contribution in [2.24, 2.45) is 5.73 Å². The van der Waals surface area contributed by atoms with E-state index in [1.165, 1.54) is 38.5 Å². The molecule has 0 aromatic rings. The molecular weight excluding hydrogens is 638 g/mol. The van der Waals surface area contributed by atoms with Crippen molar-refractivity contribution in [1.82, 2.24) is 10.6 Å². The van der Waals surface area contributed by atoms with Gasteiger partial charge in [-0.2, -0.15) is 0 Å². The normalized spacial score (nSPS) is 20.2. The number of hydrogen-bond acceptors (Lipinski definition) is 11. The number of ether oxygens (including phenoxy) is 4. The molecule has 1 aliphatic carbocycles. The van der Waals surface area contributed by atoms with E-state index in [1.807, 2.05) is 0 Å². The van der Waals surface area contributed by atoms with Gasteiger partial charge < -0.3 is 45.2 Å². The number of carbonyl (C=O) groups excluding carboxylic acids is 5. The lowest BCUT2D eigenvalue weighted by molar-refractivity contribution is -0.155. The zero-order valence-electron chi connectivity index (χ0n) is 29.3. The monoisotopic (exact) mass is 699 g/mol. The molecule has 0 aromatic carbocycles. The highest BCUT2D eigenvalue weighted by atomic mass is 16.5. The van der Waals surface area contributed by atoms with Crippen molar-refractivity contribution in [3.05, 3.63) is 0 Å². The van der Waals surface area contributed by atoms with E-state index < -0.39 is 30.1 Å². The van der Waals surface area contributed by atoms with Gasteiger partial charge in [0.15, 0.2) is 11.6 Å². The summed E-state index contributed by atoms with van der Waals surface area (Å²) >= 11 is 0. The number of aliphatic carboxylic acids is 1. The van der Waals surface area contributed by atoms with Gasteiger partial charge in [-0.1, -0.05) is 77.0 Å². The van der Waals surface area contributed by atoms with E-state index in [0.717, 1.165) is 38.5 Å². The number of rotatable bonds is 19. The maximum atomic E-state index is 13.3. The van der Waals surface area contributed by atoms with Crippen LogP contribution in [0.4, 0.5) is 0 Å². The van der Waals surface area contributed by atoms with Crippen molar-refractivity contribution in [3.8, 4) is 0 Å². The minimum atomic E-state index is -1.18. The van der Waals surface area contributed by atoms with Crippen LogP contribution in [0.15, 0.2) is 0 Å². The maximum Gasteiger partial charge on any atom is 0.320 e. The third kappa shape index (κ3) is 24.1. The number of nitrogens with two attached hydrogens (primary N) is 1. The summed E-state index contributed by atoms with van der Waals surface area (Å²) in [6, 6.07) is -1.08. The molecule has 49 heavy (non-hydrogen) atoms. The maximum absolute atomic E-state index is 13.3. The van der Waals surface area contributed by atoms with Gasteiger partial charge in [0.2, 0.25) is 11.8 Å². The molecule has 0 aromatic heterocycles. The summed E-state index contributed by atoms with van der Waals surface area (Å²) in [5, 5.41) is 14.0. The van der Waals surface area contributed by atoms with E-state index in [2.05, 4.69) is 10.6 Å². The number of carboxylic acids is 1. The topological polar surface area (TPSA) is 210 Å². The van der Waals surface area contributed by atoms with Crippen LogP contribution in [0.2, 0.25) is 0 Å². The lowest BCUT2D eigenvalue weighted by atomic mass is 9.96. The molecule has 14 nitrogen and oxygen atoms in total. The first-order valence-corrected chi connectivity index (χ1v) is 18.2. The van der Waals surface area contributed by atoms with Crippen LogP contribution in [0.3, 0.4) is 0 Å². The van der Waals surface area contributed by atoms with Gasteiger partial charge in [0.05, 0.1) is 26.4 Å². The molecule has 14 heteroatoms. The molecule has 2 amide bonds. The van der Waals surface area contributed by atoms with Crippen molar-refractivity contribution >= 4 is 35.6 Å². The zero-order valence-corrected chi connectivity index (χ0v) is 29.3. The van der Waals surface area contributed by atoms with E-state index >= 15 is 0 Å². The van der Waals surface area contributed by atoms with Gasteiger partial charge >= 0.3 is 5.97 Å². The van der Waals surface area contributed by atoms with Crippen molar-refractivity contribution in [2.45, 2.75) is 134 Å². The van der Waals surface area contributed by atoms with Gasteiger partial charge in [-0.3, -0.25) is 24.0 Å². The smallest absolute Gasteiger partial charge is 0.320 e. The average molecular weight is 700 g/mol. The fourth-order valence-corrected chi connectivity index (χ4v) is 5.42. The summed E-state index contributed by atoms with van der Waals surface area (Å²) in [5.74, 6) is -2.37. The Morgan fingerprint density at radius 3 is 1.69 bits per heavy atom. The molecule has 0 aliphatic heterocycles. The van der Waals surface area contributed by atoms with E-state index in [9.17, 15) is 28.8 Å². The Kier molecular flexibility index (Phi) is 27.2. The predicted octanol–water partition coefficient (Wildman–Crippen LogP) is 2.81. The Morgan fingerprint density at radius 1 is 0.694 bits per heavy atom. The van der Waals surface area contributed by atoms with Gasteiger partial charge in [-0.15, -0.1) is 0 Å². The molecule has 2 unspecified atom stereocenters. The second-order valence-electron chi connectivity index (χ2n) is 12.4. The third-order valence-corrected chi connectivity index (χ3v) is 8.24. The van der Waals surface area contributed by atoms with Crippen molar-refractivity contribution in [2.75, 3.05) is 52.7 Å².